The molecule has 0 saturated carbocycles. The lowest BCUT2D eigenvalue weighted by molar-refractivity contribution is -0.144. The van der Waals surface area contributed by atoms with Gasteiger partial charge in [0.15, 0.2) is 0 Å². The molecular weight excluding hydrogens is 316 g/mol. The normalized spacial score (nSPS) is 13.6. The number of rotatable bonds is 4. The molecule has 1 amide bonds. The van der Waals surface area contributed by atoms with E-state index in [2.05, 4.69) is 0 Å². The number of fused-ring (bicyclic) bond motifs is 1. The van der Waals surface area contributed by atoms with Gasteiger partial charge < -0.3 is 14.4 Å². The highest BCUT2D eigenvalue weighted by molar-refractivity contribution is 6.01. The third-order valence-corrected chi connectivity index (χ3v) is 4.15. The summed E-state index contributed by atoms with van der Waals surface area (Å²) in [6.45, 7) is 0.236. The van der Waals surface area contributed by atoms with Crippen molar-refractivity contribution in [3.63, 3.8) is 0 Å². The molecule has 2 aromatic rings. The van der Waals surface area contributed by atoms with Gasteiger partial charge in [0.05, 0.1) is 19.8 Å². The second-order valence-electron chi connectivity index (χ2n) is 5.48. The minimum absolute atomic E-state index is 0.0540. The first-order chi connectivity index (χ1) is 11.5. The molecule has 4 nitrogen and oxygen atoms in total. The molecular formula is C18H17F2NO3. The van der Waals surface area contributed by atoms with E-state index in [0.717, 1.165) is 16.5 Å². The van der Waals surface area contributed by atoms with Crippen LogP contribution in [-0.4, -0.2) is 26.7 Å². The average molecular weight is 333 g/mol. The molecule has 0 aromatic heterocycles. The predicted octanol–water partition coefficient (Wildman–Crippen LogP) is 3.38. The van der Waals surface area contributed by atoms with Crippen molar-refractivity contribution in [1.82, 2.24) is 0 Å². The molecule has 3 rings (SSSR count). The van der Waals surface area contributed by atoms with Crippen LogP contribution < -0.4 is 14.4 Å². The fourth-order valence-corrected chi connectivity index (χ4v) is 2.89. The minimum atomic E-state index is -3.72. The summed E-state index contributed by atoms with van der Waals surface area (Å²) in [6.07, 6.45) is 0.563. The van der Waals surface area contributed by atoms with Gasteiger partial charge in [0, 0.05) is 12.2 Å². The van der Waals surface area contributed by atoms with Gasteiger partial charge in [-0.2, -0.15) is 8.78 Å². The number of para-hydroxylation sites is 1. The standard InChI is InChI=1S/C18H17F2NO3/c1-23-13-7-8-16(24-2)14(11-13)18(19,20)17(22)21-10-9-12-5-3-4-6-15(12)21/h3-8,11H,9-10H2,1-2H3. The van der Waals surface area contributed by atoms with Gasteiger partial charge >= 0.3 is 11.8 Å². The van der Waals surface area contributed by atoms with Crippen LogP contribution in [0.15, 0.2) is 42.5 Å². The van der Waals surface area contributed by atoms with Crippen LogP contribution >= 0.6 is 0 Å². The van der Waals surface area contributed by atoms with Gasteiger partial charge in [-0.15, -0.1) is 0 Å². The Kier molecular flexibility index (Phi) is 4.13. The lowest BCUT2D eigenvalue weighted by Crippen LogP contribution is -2.41. The summed E-state index contributed by atoms with van der Waals surface area (Å²) in [6, 6.07) is 11.1. The Bertz CT molecular complexity index is 777. The summed E-state index contributed by atoms with van der Waals surface area (Å²) in [5.41, 5.74) is 0.919. The van der Waals surface area contributed by atoms with E-state index in [0.29, 0.717) is 12.1 Å². The van der Waals surface area contributed by atoms with Gasteiger partial charge in [0.25, 0.3) is 0 Å². The lowest BCUT2D eigenvalue weighted by atomic mass is 10.0. The molecule has 0 radical (unpaired) electrons. The third-order valence-electron chi connectivity index (χ3n) is 4.15. The number of hydrogen-bond donors (Lipinski definition) is 0. The van der Waals surface area contributed by atoms with E-state index in [-0.39, 0.29) is 18.0 Å². The van der Waals surface area contributed by atoms with Crippen LogP contribution in [0.25, 0.3) is 0 Å². The van der Waals surface area contributed by atoms with Gasteiger partial charge in [-0.3, -0.25) is 4.79 Å². The zero-order chi connectivity index (χ0) is 17.3. The van der Waals surface area contributed by atoms with E-state index in [1.807, 2.05) is 12.1 Å². The highest BCUT2D eigenvalue weighted by Crippen LogP contribution is 2.41. The summed E-state index contributed by atoms with van der Waals surface area (Å²) in [7, 11) is 2.67. The number of anilines is 1. The van der Waals surface area contributed by atoms with E-state index >= 15 is 0 Å². The van der Waals surface area contributed by atoms with Crippen molar-refractivity contribution in [3.05, 3.63) is 53.6 Å². The van der Waals surface area contributed by atoms with Gasteiger partial charge in [0.1, 0.15) is 11.5 Å². The molecule has 0 fully saturated rings. The zero-order valence-corrected chi connectivity index (χ0v) is 13.4. The predicted molar refractivity (Wildman–Crippen MR) is 85.9 cm³/mol. The molecule has 0 N–H and O–H groups in total. The molecule has 24 heavy (non-hydrogen) atoms. The molecule has 0 atom stereocenters. The molecule has 0 saturated heterocycles. The molecule has 2 aromatic carbocycles. The second kappa shape index (κ2) is 6.11. The van der Waals surface area contributed by atoms with Crippen molar-refractivity contribution in [1.29, 1.82) is 0 Å². The van der Waals surface area contributed by atoms with Crippen LogP contribution in [0.3, 0.4) is 0 Å². The Morgan fingerprint density at radius 3 is 2.58 bits per heavy atom. The number of amides is 1. The Morgan fingerprint density at radius 2 is 1.88 bits per heavy atom. The Morgan fingerprint density at radius 1 is 1.12 bits per heavy atom. The molecule has 0 unspecified atom stereocenters. The zero-order valence-electron chi connectivity index (χ0n) is 13.4. The Labute approximate surface area is 138 Å². The van der Waals surface area contributed by atoms with Crippen molar-refractivity contribution < 1.29 is 23.0 Å². The van der Waals surface area contributed by atoms with Crippen LogP contribution in [0.5, 0.6) is 11.5 Å². The van der Waals surface area contributed by atoms with Gasteiger partial charge in [0.2, 0.25) is 0 Å². The summed E-state index contributed by atoms with van der Waals surface area (Å²) in [5.74, 6) is -4.81. The number of carbonyl (C=O) groups excluding carboxylic acids is 1. The molecule has 1 aliphatic heterocycles. The number of nitrogens with zero attached hydrogens (tertiary/aromatic N) is 1. The summed E-state index contributed by atoms with van der Waals surface area (Å²) >= 11 is 0. The maximum absolute atomic E-state index is 14.9. The van der Waals surface area contributed by atoms with Gasteiger partial charge in [-0.1, -0.05) is 18.2 Å². The van der Waals surface area contributed by atoms with Crippen LogP contribution in [0.4, 0.5) is 14.5 Å². The van der Waals surface area contributed by atoms with Crippen molar-refractivity contribution in [2.24, 2.45) is 0 Å². The first kappa shape index (κ1) is 16.2. The van der Waals surface area contributed by atoms with Crippen LogP contribution in [0.1, 0.15) is 11.1 Å². The van der Waals surface area contributed by atoms with Gasteiger partial charge in [-0.25, -0.2) is 0 Å². The number of methoxy groups -OCH3 is 2. The molecule has 1 heterocycles. The molecule has 126 valence electrons. The molecule has 0 aliphatic carbocycles. The number of ether oxygens (including phenoxy) is 2. The molecule has 1 aliphatic rings. The molecule has 6 heteroatoms. The highest BCUT2D eigenvalue weighted by Gasteiger charge is 2.48. The summed E-state index contributed by atoms with van der Waals surface area (Å²) < 4.78 is 39.9. The summed E-state index contributed by atoms with van der Waals surface area (Å²) in [5, 5.41) is 0. The smallest absolute Gasteiger partial charge is 0.354 e. The number of alkyl halides is 2. The largest absolute Gasteiger partial charge is 0.497 e. The average Bonchev–Trinajstić information content (AvgIpc) is 3.04. The Balaban J connectivity index is 2.01. The monoisotopic (exact) mass is 333 g/mol. The van der Waals surface area contributed by atoms with Crippen LogP contribution in [-0.2, 0) is 17.1 Å². The second-order valence-corrected chi connectivity index (χ2v) is 5.48. The van der Waals surface area contributed by atoms with E-state index in [1.54, 1.807) is 12.1 Å². The van der Waals surface area contributed by atoms with Crippen molar-refractivity contribution in [2.45, 2.75) is 12.3 Å². The van der Waals surface area contributed by atoms with Crippen molar-refractivity contribution in [3.8, 4) is 11.5 Å². The number of carbonyl (C=O) groups is 1. The van der Waals surface area contributed by atoms with E-state index < -0.39 is 17.4 Å². The maximum Gasteiger partial charge on any atom is 0.354 e. The third kappa shape index (κ3) is 2.58. The topological polar surface area (TPSA) is 38.8 Å². The number of hydrogen-bond acceptors (Lipinski definition) is 3. The van der Waals surface area contributed by atoms with E-state index in [4.69, 9.17) is 9.47 Å². The van der Waals surface area contributed by atoms with Crippen molar-refractivity contribution >= 4 is 11.6 Å². The molecule has 0 spiro atoms. The fourth-order valence-electron chi connectivity index (χ4n) is 2.89. The fraction of sp³-hybridized carbons (Fsp3) is 0.278. The Hall–Kier alpha value is -2.63. The number of benzene rings is 2. The van der Waals surface area contributed by atoms with Crippen LogP contribution in [0, 0.1) is 0 Å². The first-order valence-electron chi connectivity index (χ1n) is 7.49. The van der Waals surface area contributed by atoms with Crippen molar-refractivity contribution in [2.75, 3.05) is 25.7 Å². The van der Waals surface area contributed by atoms with E-state index in [1.165, 1.54) is 26.4 Å². The SMILES string of the molecule is COc1ccc(OC)c(C(F)(F)C(=O)N2CCc3ccccc32)c1. The highest BCUT2D eigenvalue weighted by atomic mass is 19.3. The number of halogens is 2. The van der Waals surface area contributed by atoms with Crippen LogP contribution in [0.2, 0.25) is 0 Å². The lowest BCUT2D eigenvalue weighted by Gasteiger charge is -2.25. The van der Waals surface area contributed by atoms with Gasteiger partial charge in [-0.05, 0) is 36.2 Å². The first-order valence-corrected chi connectivity index (χ1v) is 7.49. The van der Waals surface area contributed by atoms with E-state index in [9.17, 15) is 13.6 Å². The quantitative estimate of drug-likeness (QED) is 0.861. The molecule has 0 bridgehead atoms. The maximum atomic E-state index is 14.9. The summed E-state index contributed by atoms with van der Waals surface area (Å²) in [4.78, 5) is 13.7. The minimum Gasteiger partial charge on any atom is -0.497 e.